The van der Waals surface area contributed by atoms with Gasteiger partial charge in [-0.2, -0.15) is 0 Å². The van der Waals surface area contributed by atoms with Crippen molar-refractivity contribution in [2.45, 2.75) is 0 Å². The van der Waals surface area contributed by atoms with Gasteiger partial charge in [0, 0.05) is 12.2 Å². The predicted octanol–water partition coefficient (Wildman–Crippen LogP) is 1.22. The number of anilines is 2. The Labute approximate surface area is 99.1 Å². The highest BCUT2D eigenvalue weighted by molar-refractivity contribution is 6.19. The summed E-state index contributed by atoms with van der Waals surface area (Å²) in [6, 6.07) is 6.31. The summed E-state index contributed by atoms with van der Waals surface area (Å²) in [5.41, 5.74) is 6.69. The van der Waals surface area contributed by atoms with Gasteiger partial charge in [-0.05, 0) is 24.3 Å². The second-order valence-electron chi connectivity index (χ2n) is 3.77. The first kappa shape index (κ1) is 11.2. The fourth-order valence-electron chi connectivity index (χ4n) is 1.73. The van der Waals surface area contributed by atoms with E-state index in [1.54, 1.807) is 30.3 Å². The van der Waals surface area contributed by atoms with E-state index in [0.29, 0.717) is 17.9 Å². The molecule has 0 spiro atoms. The number of nitrogen functional groups attached to an aromatic ring is 1. The van der Waals surface area contributed by atoms with Crippen molar-refractivity contribution in [3.63, 3.8) is 0 Å². The molecule has 0 bridgehead atoms. The third-order valence-corrected chi connectivity index (χ3v) is 2.54. The van der Waals surface area contributed by atoms with Gasteiger partial charge in [-0.25, -0.2) is 9.69 Å². The van der Waals surface area contributed by atoms with E-state index in [1.165, 1.54) is 4.90 Å². The Morgan fingerprint density at radius 2 is 1.94 bits per heavy atom. The van der Waals surface area contributed by atoms with Gasteiger partial charge >= 0.3 is 6.03 Å². The van der Waals surface area contributed by atoms with Crippen LogP contribution in [0.4, 0.5) is 16.2 Å². The SMILES string of the molecule is C=CCN1CC(=O)N(c2ccc(N)cc2)C1=O. The van der Waals surface area contributed by atoms with E-state index in [1.807, 2.05) is 0 Å². The Morgan fingerprint density at radius 3 is 2.53 bits per heavy atom. The average molecular weight is 231 g/mol. The zero-order valence-electron chi connectivity index (χ0n) is 9.30. The molecular formula is C12H13N3O2. The lowest BCUT2D eigenvalue weighted by Gasteiger charge is -2.15. The number of benzene rings is 1. The third-order valence-electron chi connectivity index (χ3n) is 2.54. The molecule has 5 heteroatoms. The second-order valence-corrected chi connectivity index (χ2v) is 3.77. The summed E-state index contributed by atoms with van der Waals surface area (Å²) < 4.78 is 0. The molecule has 3 amide bonds. The normalized spacial score (nSPS) is 15.5. The Bertz CT molecular complexity index is 467. The number of carbonyl (C=O) groups excluding carboxylic acids is 2. The van der Waals surface area contributed by atoms with E-state index in [-0.39, 0.29) is 18.5 Å². The molecule has 1 fully saturated rings. The van der Waals surface area contributed by atoms with Crippen LogP contribution in [0.5, 0.6) is 0 Å². The molecule has 0 aromatic heterocycles. The van der Waals surface area contributed by atoms with E-state index in [4.69, 9.17) is 5.73 Å². The molecule has 5 nitrogen and oxygen atoms in total. The molecule has 1 aliphatic rings. The van der Waals surface area contributed by atoms with Gasteiger partial charge in [-0.3, -0.25) is 4.79 Å². The van der Waals surface area contributed by atoms with Crippen LogP contribution in [0.25, 0.3) is 0 Å². The summed E-state index contributed by atoms with van der Waals surface area (Å²) in [4.78, 5) is 26.3. The Kier molecular flexibility index (Phi) is 2.82. The molecular weight excluding hydrogens is 218 g/mol. The molecule has 1 heterocycles. The largest absolute Gasteiger partial charge is 0.399 e. The van der Waals surface area contributed by atoms with E-state index in [0.717, 1.165) is 4.90 Å². The summed E-state index contributed by atoms with van der Waals surface area (Å²) in [6.07, 6.45) is 1.59. The maximum atomic E-state index is 11.9. The fourth-order valence-corrected chi connectivity index (χ4v) is 1.73. The number of hydrogen-bond donors (Lipinski definition) is 1. The smallest absolute Gasteiger partial charge is 0.332 e. The van der Waals surface area contributed by atoms with Crippen molar-refractivity contribution in [2.75, 3.05) is 23.7 Å². The molecule has 88 valence electrons. The van der Waals surface area contributed by atoms with Crippen LogP contribution >= 0.6 is 0 Å². The van der Waals surface area contributed by atoms with Crippen molar-refractivity contribution < 1.29 is 9.59 Å². The maximum absolute atomic E-state index is 11.9. The fraction of sp³-hybridized carbons (Fsp3) is 0.167. The van der Waals surface area contributed by atoms with Crippen molar-refractivity contribution in [1.82, 2.24) is 4.90 Å². The zero-order valence-corrected chi connectivity index (χ0v) is 9.30. The molecule has 1 aromatic carbocycles. The van der Waals surface area contributed by atoms with Crippen molar-refractivity contribution in [3.8, 4) is 0 Å². The predicted molar refractivity (Wildman–Crippen MR) is 65.5 cm³/mol. The third kappa shape index (κ3) is 1.99. The molecule has 1 aromatic rings. The summed E-state index contributed by atoms with van der Waals surface area (Å²) in [5.74, 6) is -0.235. The Morgan fingerprint density at radius 1 is 1.29 bits per heavy atom. The minimum Gasteiger partial charge on any atom is -0.399 e. The quantitative estimate of drug-likeness (QED) is 0.483. The van der Waals surface area contributed by atoms with Crippen LogP contribution in [0, 0.1) is 0 Å². The first-order valence-electron chi connectivity index (χ1n) is 5.22. The van der Waals surface area contributed by atoms with Crippen LogP contribution in [-0.4, -0.2) is 29.9 Å². The lowest BCUT2D eigenvalue weighted by Crippen LogP contribution is -2.33. The first-order chi connectivity index (χ1) is 8.13. The zero-order chi connectivity index (χ0) is 12.4. The number of urea groups is 1. The number of imide groups is 1. The number of amides is 3. The van der Waals surface area contributed by atoms with Gasteiger partial charge in [0.1, 0.15) is 6.54 Å². The van der Waals surface area contributed by atoms with Crippen LogP contribution in [-0.2, 0) is 4.79 Å². The van der Waals surface area contributed by atoms with Gasteiger partial charge in [0.15, 0.2) is 0 Å². The van der Waals surface area contributed by atoms with Gasteiger partial charge in [0.2, 0.25) is 0 Å². The molecule has 2 rings (SSSR count). The number of nitrogens with zero attached hydrogens (tertiary/aromatic N) is 2. The minimum atomic E-state index is -0.320. The monoisotopic (exact) mass is 231 g/mol. The number of hydrogen-bond acceptors (Lipinski definition) is 3. The van der Waals surface area contributed by atoms with Crippen LogP contribution in [0.2, 0.25) is 0 Å². The highest BCUT2D eigenvalue weighted by atomic mass is 16.2. The molecule has 1 saturated heterocycles. The molecule has 0 atom stereocenters. The number of rotatable bonds is 3. The highest BCUT2D eigenvalue weighted by Crippen LogP contribution is 2.22. The van der Waals surface area contributed by atoms with E-state index >= 15 is 0 Å². The second kappa shape index (κ2) is 4.29. The standard InChI is InChI=1S/C12H13N3O2/c1-2-7-14-8-11(16)15(12(14)17)10-5-3-9(13)4-6-10/h2-6H,1,7-8,13H2. The number of carbonyl (C=O) groups is 2. The lowest BCUT2D eigenvalue weighted by molar-refractivity contribution is -0.116. The van der Waals surface area contributed by atoms with Gasteiger partial charge < -0.3 is 10.6 Å². The summed E-state index contributed by atoms with van der Waals surface area (Å²) in [6.45, 7) is 4.02. The number of nitrogens with two attached hydrogens (primary N) is 1. The van der Waals surface area contributed by atoms with Crippen molar-refractivity contribution in [3.05, 3.63) is 36.9 Å². The van der Waals surface area contributed by atoms with E-state index in [9.17, 15) is 9.59 Å². The average Bonchev–Trinajstić information content (AvgIpc) is 2.57. The van der Waals surface area contributed by atoms with Gasteiger partial charge in [-0.1, -0.05) is 6.08 Å². The van der Waals surface area contributed by atoms with Gasteiger partial charge in [0.25, 0.3) is 5.91 Å². The Balaban J connectivity index is 2.27. The van der Waals surface area contributed by atoms with Crippen molar-refractivity contribution in [1.29, 1.82) is 0 Å². The summed E-state index contributed by atoms with van der Waals surface area (Å²) >= 11 is 0. The van der Waals surface area contributed by atoms with Gasteiger partial charge in [-0.15, -0.1) is 6.58 Å². The van der Waals surface area contributed by atoms with E-state index < -0.39 is 0 Å². The summed E-state index contributed by atoms with van der Waals surface area (Å²) in [5, 5.41) is 0. The topological polar surface area (TPSA) is 66.6 Å². The van der Waals surface area contributed by atoms with Crippen LogP contribution in [0.3, 0.4) is 0 Å². The molecule has 1 aliphatic heterocycles. The molecule has 0 radical (unpaired) electrons. The molecule has 2 N–H and O–H groups in total. The van der Waals surface area contributed by atoms with E-state index in [2.05, 4.69) is 6.58 Å². The molecule has 17 heavy (non-hydrogen) atoms. The van der Waals surface area contributed by atoms with Gasteiger partial charge in [0.05, 0.1) is 5.69 Å². The van der Waals surface area contributed by atoms with Crippen molar-refractivity contribution >= 4 is 23.3 Å². The van der Waals surface area contributed by atoms with Crippen LogP contribution in [0.15, 0.2) is 36.9 Å². The van der Waals surface area contributed by atoms with Crippen LogP contribution < -0.4 is 10.6 Å². The minimum absolute atomic E-state index is 0.0925. The highest BCUT2D eigenvalue weighted by Gasteiger charge is 2.36. The first-order valence-corrected chi connectivity index (χ1v) is 5.22. The van der Waals surface area contributed by atoms with Crippen LogP contribution in [0.1, 0.15) is 0 Å². The molecule has 0 unspecified atom stereocenters. The molecule has 0 aliphatic carbocycles. The molecule has 0 saturated carbocycles. The lowest BCUT2D eigenvalue weighted by atomic mass is 10.2. The maximum Gasteiger partial charge on any atom is 0.332 e. The Hall–Kier alpha value is -2.30. The summed E-state index contributed by atoms with van der Waals surface area (Å²) in [7, 11) is 0. The van der Waals surface area contributed by atoms with Crippen molar-refractivity contribution in [2.24, 2.45) is 0 Å².